The third-order valence-corrected chi connectivity index (χ3v) is 3.26. The zero-order valence-electron chi connectivity index (χ0n) is 12.1. The van der Waals surface area contributed by atoms with E-state index >= 15 is 0 Å². The van der Waals surface area contributed by atoms with Crippen LogP contribution in [0.3, 0.4) is 0 Å². The second-order valence-corrected chi connectivity index (χ2v) is 5.00. The second kappa shape index (κ2) is 7.65. The van der Waals surface area contributed by atoms with Gasteiger partial charge < -0.3 is 10.4 Å². The Morgan fingerprint density at radius 3 is 2.60 bits per heavy atom. The lowest BCUT2D eigenvalue weighted by Gasteiger charge is -2.19. The molecule has 0 unspecified atom stereocenters. The maximum atomic E-state index is 11.8. The number of nitrogens with one attached hydrogen (secondary N) is 2. The number of carbonyl (C=O) groups excluding carboxylic acids is 1. The van der Waals surface area contributed by atoms with E-state index < -0.39 is 12.0 Å². The van der Waals surface area contributed by atoms with Gasteiger partial charge in [-0.15, -0.1) is 0 Å². The Labute approximate surface area is 119 Å². The molecular formula is C15H22N2O3. The maximum Gasteiger partial charge on any atom is 0.320 e. The third-order valence-electron chi connectivity index (χ3n) is 3.26. The zero-order chi connectivity index (χ0) is 15.1. The first-order chi connectivity index (χ1) is 9.43. The van der Waals surface area contributed by atoms with Gasteiger partial charge in [-0.25, -0.2) is 0 Å². The van der Waals surface area contributed by atoms with Crippen molar-refractivity contribution in [3.05, 3.63) is 29.8 Å². The molecule has 3 N–H and O–H groups in total. The van der Waals surface area contributed by atoms with Gasteiger partial charge in [-0.05, 0) is 30.5 Å². The fourth-order valence-corrected chi connectivity index (χ4v) is 1.90. The first kappa shape index (κ1) is 16.2. The number of aryl methyl sites for hydroxylation is 1. The van der Waals surface area contributed by atoms with Crippen molar-refractivity contribution in [1.82, 2.24) is 5.32 Å². The zero-order valence-corrected chi connectivity index (χ0v) is 12.1. The van der Waals surface area contributed by atoms with Crippen LogP contribution in [-0.2, 0) is 9.59 Å². The smallest absolute Gasteiger partial charge is 0.320 e. The van der Waals surface area contributed by atoms with Gasteiger partial charge in [-0.3, -0.25) is 14.9 Å². The lowest BCUT2D eigenvalue weighted by atomic mass is 9.99. The molecule has 0 bridgehead atoms. The summed E-state index contributed by atoms with van der Waals surface area (Å²) >= 11 is 0. The van der Waals surface area contributed by atoms with Crippen LogP contribution in [0.4, 0.5) is 5.69 Å². The monoisotopic (exact) mass is 278 g/mol. The summed E-state index contributed by atoms with van der Waals surface area (Å²) in [5.41, 5.74) is 1.77. The molecule has 0 aliphatic heterocycles. The van der Waals surface area contributed by atoms with Crippen LogP contribution < -0.4 is 10.6 Å². The molecule has 110 valence electrons. The van der Waals surface area contributed by atoms with E-state index in [0.29, 0.717) is 5.69 Å². The van der Waals surface area contributed by atoms with E-state index in [1.165, 1.54) is 0 Å². The molecule has 20 heavy (non-hydrogen) atoms. The van der Waals surface area contributed by atoms with Crippen LogP contribution in [0.2, 0.25) is 0 Å². The van der Waals surface area contributed by atoms with Gasteiger partial charge in [0.25, 0.3) is 0 Å². The number of aliphatic carboxylic acids is 1. The second-order valence-electron chi connectivity index (χ2n) is 5.00. The van der Waals surface area contributed by atoms with Gasteiger partial charge in [-0.1, -0.05) is 32.4 Å². The molecule has 5 nitrogen and oxygen atoms in total. The van der Waals surface area contributed by atoms with E-state index in [0.717, 1.165) is 12.0 Å². The van der Waals surface area contributed by atoms with Crippen LogP contribution in [-0.4, -0.2) is 29.6 Å². The minimum absolute atomic E-state index is 0.0186. The molecule has 0 aromatic heterocycles. The number of carboxylic acid groups (broad SMARTS) is 1. The molecule has 0 aliphatic rings. The summed E-state index contributed by atoms with van der Waals surface area (Å²) in [6.07, 6.45) is 0.740. The Bertz CT molecular complexity index is 474. The van der Waals surface area contributed by atoms with Crippen molar-refractivity contribution in [2.75, 3.05) is 11.9 Å². The Balaban J connectivity index is 2.52. The summed E-state index contributed by atoms with van der Waals surface area (Å²) in [7, 11) is 0. The molecule has 0 radical (unpaired) electrons. The van der Waals surface area contributed by atoms with Gasteiger partial charge in [0.05, 0.1) is 6.54 Å². The van der Waals surface area contributed by atoms with Crippen LogP contribution in [0, 0.1) is 12.8 Å². The van der Waals surface area contributed by atoms with Crippen molar-refractivity contribution < 1.29 is 14.7 Å². The van der Waals surface area contributed by atoms with Crippen LogP contribution in [0.25, 0.3) is 0 Å². The number of benzene rings is 1. The van der Waals surface area contributed by atoms with E-state index in [1.54, 1.807) is 6.07 Å². The standard InChI is InChI=1S/C15H22N2O3/c1-4-11(3)14(15(19)20)16-9-13(18)17-12-7-5-6-10(2)8-12/h5-8,11,14,16H,4,9H2,1-3H3,(H,17,18)(H,19,20)/t11-,14-/m0/s1. The molecule has 0 saturated heterocycles. The highest BCUT2D eigenvalue weighted by atomic mass is 16.4. The van der Waals surface area contributed by atoms with Crippen molar-refractivity contribution in [3.8, 4) is 0 Å². The predicted molar refractivity (Wildman–Crippen MR) is 78.7 cm³/mol. The number of carboxylic acids is 1. The van der Waals surface area contributed by atoms with Gasteiger partial charge in [0.2, 0.25) is 5.91 Å². The first-order valence-electron chi connectivity index (χ1n) is 6.76. The summed E-state index contributed by atoms with van der Waals surface area (Å²) in [5.74, 6) is -1.20. The molecule has 1 amide bonds. The summed E-state index contributed by atoms with van der Waals surface area (Å²) < 4.78 is 0. The maximum absolute atomic E-state index is 11.8. The van der Waals surface area contributed by atoms with Crippen LogP contribution in [0.1, 0.15) is 25.8 Å². The molecule has 0 spiro atoms. The molecule has 0 aliphatic carbocycles. The third kappa shape index (κ3) is 5.01. The fourth-order valence-electron chi connectivity index (χ4n) is 1.90. The van der Waals surface area contributed by atoms with Gasteiger partial charge in [-0.2, -0.15) is 0 Å². The molecular weight excluding hydrogens is 256 g/mol. The van der Waals surface area contributed by atoms with Crippen molar-refractivity contribution in [2.45, 2.75) is 33.2 Å². The van der Waals surface area contributed by atoms with Crippen LogP contribution in [0.15, 0.2) is 24.3 Å². The van der Waals surface area contributed by atoms with Gasteiger partial charge in [0.1, 0.15) is 6.04 Å². The Hall–Kier alpha value is -1.88. The number of hydrogen-bond acceptors (Lipinski definition) is 3. The number of anilines is 1. The van der Waals surface area contributed by atoms with Crippen LogP contribution >= 0.6 is 0 Å². The number of rotatable bonds is 7. The fraction of sp³-hybridized carbons (Fsp3) is 0.467. The van der Waals surface area contributed by atoms with E-state index in [2.05, 4.69) is 10.6 Å². The molecule has 1 aromatic carbocycles. The van der Waals surface area contributed by atoms with Crippen molar-refractivity contribution in [1.29, 1.82) is 0 Å². The lowest BCUT2D eigenvalue weighted by Crippen LogP contribution is -2.45. The number of carbonyl (C=O) groups is 2. The lowest BCUT2D eigenvalue weighted by molar-refractivity contribution is -0.140. The van der Waals surface area contributed by atoms with E-state index in [-0.39, 0.29) is 18.4 Å². The summed E-state index contributed by atoms with van der Waals surface area (Å²) in [6, 6.07) is 6.76. The Kier molecular flexibility index (Phi) is 6.18. The summed E-state index contributed by atoms with van der Waals surface area (Å²) in [6.45, 7) is 5.70. The normalized spacial score (nSPS) is 13.6. The minimum atomic E-state index is -0.928. The molecule has 1 aromatic rings. The highest BCUT2D eigenvalue weighted by Crippen LogP contribution is 2.10. The molecule has 5 heteroatoms. The van der Waals surface area contributed by atoms with Crippen molar-refractivity contribution in [3.63, 3.8) is 0 Å². The molecule has 0 fully saturated rings. The molecule has 1 rings (SSSR count). The summed E-state index contributed by atoms with van der Waals surface area (Å²) in [5, 5.41) is 14.7. The van der Waals surface area contributed by atoms with Gasteiger partial charge >= 0.3 is 5.97 Å². The average Bonchev–Trinajstić information content (AvgIpc) is 2.38. The van der Waals surface area contributed by atoms with E-state index in [4.69, 9.17) is 5.11 Å². The SMILES string of the molecule is CC[C@H](C)[C@H](NCC(=O)Nc1cccc(C)c1)C(=O)O. The quantitative estimate of drug-likeness (QED) is 0.713. The highest BCUT2D eigenvalue weighted by molar-refractivity contribution is 5.92. The van der Waals surface area contributed by atoms with Crippen molar-refractivity contribution >= 4 is 17.6 Å². The van der Waals surface area contributed by atoms with E-state index in [9.17, 15) is 9.59 Å². The Morgan fingerprint density at radius 2 is 2.05 bits per heavy atom. The van der Waals surface area contributed by atoms with Gasteiger partial charge in [0.15, 0.2) is 0 Å². The molecule has 0 saturated carbocycles. The molecule has 0 heterocycles. The van der Waals surface area contributed by atoms with Crippen molar-refractivity contribution in [2.24, 2.45) is 5.92 Å². The van der Waals surface area contributed by atoms with Crippen LogP contribution in [0.5, 0.6) is 0 Å². The largest absolute Gasteiger partial charge is 0.480 e. The minimum Gasteiger partial charge on any atom is -0.480 e. The van der Waals surface area contributed by atoms with E-state index in [1.807, 2.05) is 39.0 Å². The first-order valence-corrected chi connectivity index (χ1v) is 6.76. The average molecular weight is 278 g/mol. The number of hydrogen-bond donors (Lipinski definition) is 3. The predicted octanol–water partition coefficient (Wildman–Crippen LogP) is 2.02. The Morgan fingerprint density at radius 1 is 1.35 bits per heavy atom. The molecule has 2 atom stereocenters. The number of amides is 1. The highest BCUT2D eigenvalue weighted by Gasteiger charge is 2.23. The topological polar surface area (TPSA) is 78.4 Å². The van der Waals surface area contributed by atoms with Gasteiger partial charge in [0, 0.05) is 5.69 Å². The summed E-state index contributed by atoms with van der Waals surface area (Å²) in [4.78, 5) is 22.9.